The standard InChI is InChI=1S/C20H19F4NO2/c1-13-14(4-3-5-17(13)21)6-7-15(9-11-19(26)27-2)16-8-10-18(25-12-16)20(22,23)24/h3-5,7-8,10,12H,6,9,11H2,1-2H3/b15-7+. The lowest BCUT2D eigenvalue weighted by Crippen LogP contribution is -2.08. The van der Waals surface area contributed by atoms with Crippen molar-refractivity contribution in [2.24, 2.45) is 0 Å². The van der Waals surface area contributed by atoms with Crippen molar-refractivity contribution >= 4 is 11.5 Å². The zero-order valence-corrected chi connectivity index (χ0v) is 14.9. The van der Waals surface area contributed by atoms with E-state index in [1.807, 2.05) is 0 Å². The number of benzene rings is 1. The highest BCUT2D eigenvalue weighted by Crippen LogP contribution is 2.29. The van der Waals surface area contributed by atoms with Gasteiger partial charge in [0.05, 0.1) is 7.11 Å². The first-order valence-electron chi connectivity index (χ1n) is 8.26. The molecule has 2 rings (SSSR count). The van der Waals surface area contributed by atoms with Gasteiger partial charge in [0.1, 0.15) is 11.5 Å². The van der Waals surface area contributed by atoms with Gasteiger partial charge in [-0.2, -0.15) is 13.2 Å². The molecule has 0 atom stereocenters. The molecule has 7 heteroatoms. The van der Waals surface area contributed by atoms with Crippen LogP contribution in [0.25, 0.3) is 5.57 Å². The van der Waals surface area contributed by atoms with Crippen molar-refractivity contribution in [3.05, 3.63) is 70.8 Å². The fourth-order valence-corrected chi connectivity index (χ4v) is 2.56. The number of halogens is 4. The number of pyridine rings is 1. The lowest BCUT2D eigenvalue weighted by Gasteiger charge is -2.11. The van der Waals surface area contributed by atoms with E-state index in [1.165, 1.54) is 19.2 Å². The predicted molar refractivity (Wildman–Crippen MR) is 93.3 cm³/mol. The van der Waals surface area contributed by atoms with Crippen molar-refractivity contribution in [3.63, 3.8) is 0 Å². The lowest BCUT2D eigenvalue weighted by molar-refractivity contribution is -0.141. The van der Waals surface area contributed by atoms with Crippen molar-refractivity contribution in [1.29, 1.82) is 0 Å². The number of nitrogens with zero attached hydrogens (tertiary/aromatic N) is 1. The van der Waals surface area contributed by atoms with Crippen LogP contribution in [0.4, 0.5) is 17.6 Å². The highest BCUT2D eigenvalue weighted by molar-refractivity contribution is 5.74. The number of allylic oxidation sites excluding steroid dienone is 2. The number of alkyl halides is 3. The molecule has 1 heterocycles. The van der Waals surface area contributed by atoms with E-state index in [0.717, 1.165) is 17.8 Å². The van der Waals surface area contributed by atoms with Gasteiger partial charge in [-0.3, -0.25) is 9.78 Å². The highest BCUT2D eigenvalue weighted by atomic mass is 19.4. The Morgan fingerprint density at radius 3 is 2.52 bits per heavy atom. The van der Waals surface area contributed by atoms with Crippen LogP contribution in [0, 0.1) is 12.7 Å². The van der Waals surface area contributed by atoms with Crippen LogP contribution in [0.5, 0.6) is 0 Å². The Balaban J connectivity index is 2.30. The fourth-order valence-electron chi connectivity index (χ4n) is 2.56. The number of hydrogen-bond donors (Lipinski definition) is 0. The van der Waals surface area contributed by atoms with Gasteiger partial charge >= 0.3 is 12.1 Å². The Bertz CT molecular complexity index is 827. The molecule has 1 aromatic carbocycles. The Morgan fingerprint density at radius 1 is 1.19 bits per heavy atom. The predicted octanol–water partition coefficient (Wildman–Crippen LogP) is 5.13. The Labute approximate surface area is 154 Å². The first-order valence-corrected chi connectivity index (χ1v) is 8.26. The van der Waals surface area contributed by atoms with Crippen LogP contribution in [0.3, 0.4) is 0 Å². The number of esters is 1. The van der Waals surface area contributed by atoms with Crippen LogP contribution in [-0.4, -0.2) is 18.1 Å². The van der Waals surface area contributed by atoms with Crippen LogP contribution in [0.15, 0.2) is 42.6 Å². The smallest absolute Gasteiger partial charge is 0.433 e. The Kier molecular flexibility index (Phi) is 6.71. The van der Waals surface area contributed by atoms with Gasteiger partial charge in [0.2, 0.25) is 0 Å². The van der Waals surface area contributed by atoms with E-state index in [0.29, 0.717) is 23.1 Å². The quantitative estimate of drug-likeness (QED) is 0.515. The number of aromatic nitrogens is 1. The summed E-state index contributed by atoms with van der Waals surface area (Å²) in [6.07, 6.45) is -0.896. The maximum absolute atomic E-state index is 13.7. The molecule has 0 saturated heterocycles. The molecule has 144 valence electrons. The number of carbonyl (C=O) groups is 1. The molecule has 0 aliphatic heterocycles. The fraction of sp³-hybridized carbons (Fsp3) is 0.300. The van der Waals surface area contributed by atoms with E-state index in [-0.39, 0.29) is 18.7 Å². The number of hydrogen-bond acceptors (Lipinski definition) is 3. The molecular weight excluding hydrogens is 362 g/mol. The van der Waals surface area contributed by atoms with Gasteiger partial charge in [0.25, 0.3) is 0 Å². The topological polar surface area (TPSA) is 39.2 Å². The molecular formula is C20H19F4NO2. The minimum Gasteiger partial charge on any atom is -0.469 e. The van der Waals surface area contributed by atoms with Gasteiger partial charge < -0.3 is 4.74 Å². The van der Waals surface area contributed by atoms with Crippen LogP contribution in [0.2, 0.25) is 0 Å². The van der Waals surface area contributed by atoms with Gasteiger partial charge in [0, 0.05) is 12.6 Å². The first-order chi connectivity index (χ1) is 12.7. The average molecular weight is 381 g/mol. The molecule has 0 amide bonds. The monoisotopic (exact) mass is 381 g/mol. The van der Waals surface area contributed by atoms with Gasteiger partial charge in [-0.1, -0.05) is 24.3 Å². The molecule has 0 unspecified atom stereocenters. The van der Waals surface area contributed by atoms with E-state index in [1.54, 1.807) is 25.1 Å². The van der Waals surface area contributed by atoms with Gasteiger partial charge in [0.15, 0.2) is 0 Å². The zero-order valence-electron chi connectivity index (χ0n) is 14.9. The van der Waals surface area contributed by atoms with Crippen molar-refractivity contribution < 1.29 is 27.1 Å². The summed E-state index contributed by atoms with van der Waals surface area (Å²) in [7, 11) is 1.27. The summed E-state index contributed by atoms with van der Waals surface area (Å²) < 4.78 is 56.4. The summed E-state index contributed by atoms with van der Waals surface area (Å²) >= 11 is 0. The normalized spacial score (nSPS) is 12.1. The minimum absolute atomic E-state index is 0.0749. The summed E-state index contributed by atoms with van der Waals surface area (Å²) in [4.78, 5) is 14.9. The third kappa shape index (κ3) is 5.64. The summed E-state index contributed by atoms with van der Waals surface area (Å²) in [6, 6.07) is 6.95. The summed E-state index contributed by atoms with van der Waals surface area (Å²) in [5, 5.41) is 0. The average Bonchev–Trinajstić information content (AvgIpc) is 2.64. The van der Waals surface area contributed by atoms with E-state index >= 15 is 0 Å². The van der Waals surface area contributed by atoms with Crippen LogP contribution < -0.4 is 0 Å². The van der Waals surface area contributed by atoms with Crippen molar-refractivity contribution in [3.8, 4) is 0 Å². The second-order valence-corrected chi connectivity index (χ2v) is 5.96. The number of carbonyl (C=O) groups excluding carboxylic acids is 1. The molecule has 0 aliphatic rings. The molecule has 0 N–H and O–H groups in total. The molecule has 0 saturated carbocycles. The minimum atomic E-state index is -4.52. The number of rotatable bonds is 6. The molecule has 0 radical (unpaired) electrons. The largest absolute Gasteiger partial charge is 0.469 e. The second-order valence-electron chi connectivity index (χ2n) is 5.96. The molecule has 0 bridgehead atoms. The molecule has 0 fully saturated rings. The molecule has 0 aliphatic carbocycles. The molecule has 0 spiro atoms. The van der Waals surface area contributed by atoms with Crippen LogP contribution >= 0.6 is 0 Å². The highest BCUT2D eigenvalue weighted by Gasteiger charge is 2.32. The summed E-state index contributed by atoms with van der Waals surface area (Å²) in [5.41, 5.74) is 1.39. The second kappa shape index (κ2) is 8.79. The Hall–Kier alpha value is -2.70. The van der Waals surface area contributed by atoms with Gasteiger partial charge in [-0.25, -0.2) is 4.39 Å². The molecule has 3 nitrogen and oxygen atoms in total. The SMILES string of the molecule is COC(=O)CC/C(=C\Cc1cccc(F)c1C)c1ccc(C(F)(F)F)nc1. The van der Waals surface area contributed by atoms with Crippen molar-refractivity contribution in [1.82, 2.24) is 4.98 Å². The van der Waals surface area contributed by atoms with Gasteiger partial charge in [-0.05, 0) is 54.2 Å². The van der Waals surface area contributed by atoms with Crippen molar-refractivity contribution in [2.75, 3.05) is 7.11 Å². The van der Waals surface area contributed by atoms with Crippen molar-refractivity contribution in [2.45, 2.75) is 32.4 Å². The molecule has 1 aromatic heterocycles. The molecule has 27 heavy (non-hydrogen) atoms. The van der Waals surface area contributed by atoms with E-state index in [2.05, 4.69) is 9.72 Å². The number of methoxy groups -OCH3 is 1. The van der Waals surface area contributed by atoms with Crippen LogP contribution in [-0.2, 0) is 22.1 Å². The first kappa shape index (κ1) is 20.6. The number of ether oxygens (including phenoxy) is 1. The van der Waals surface area contributed by atoms with Gasteiger partial charge in [-0.15, -0.1) is 0 Å². The maximum Gasteiger partial charge on any atom is 0.433 e. The molecule has 2 aromatic rings. The summed E-state index contributed by atoms with van der Waals surface area (Å²) in [6.45, 7) is 1.66. The maximum atomic E-state index is 13.7. The van der Waals surface area contributed by atoms with E-state index in [4.69, 9.17) is 0 Å². The lowest BCUT2D eigenvalue weighted by atomic mass is 9.98. The van der Waals surface area contributed by atoms with Crippen LogP contribution in [0.1, 0.15) is 35.2 Å². The van der Waals surface area contributed by atoms with E-state index in [9.17, 15) is 22.4 Å². The Morgan fingerprint density at radius 2 is 1.93 bits per heavy atom. The summed E-state index contributed by atoms with van der Waals surface area (Å²) in [5.74, 6) is -0.754. The van der Waals surface area contributed by atoms with E-state index < -0.39 is 17.8 Å². The third-order valence-electron chi connectivity index (χ3n) is 4.20. The zero-order chi connectivity index (χ0) is 20.0. The third-order valence-corrected chi connectivity index (χ3v) is 4.20.